The SMILES string of the molecule is COC(=O)c1cc(NC(=O)c2nc(NC(=O)CCN)cn2C)cn1C. The van der Waals surface area contributed by atoms with Gasteiger partial charge in [-0.25, -0.2) is 9.78 Å². The van der Waals surface area contributed by atoms with Crippen molar-refractivity contribution in [3.05, 3.63) is 30.0 Å². The molecule has 2 heterocycles. The van der Waals surface area contributed by atoms with E-state index in [4.69, 9.17) is 5.73 Å². The van der Waals surface area contributed by atoms with Crippen LogP contribution in [-0.2, 0) is 23.6 Å². The first-order chi connectivity index (χ1) is 11.8. The van der Waals surface area contributed by atoms with Gasteiger partial charge in [-0.3, -0.25) is 9.59 Å². The first kappa shape index (κ1) is 18.2. The van der Waals surface area contributed by atoms with Crippen LogP contribution in [0.5, 0.6) is 0 Å². The van der Waals surface area contributed by atoms with Crippen LogP contribution >= 0.6 is 0 Å². The van der Waals surface area contributed by atoms with E-state index < -0.39 is 11.9 Å². The van der Waals surface area contributed by atoms with E-state index in [1.165, 1.54) is 23.9 Å². The summed E-state index contributed by atoms with van der Waals surface area (Å²) >= 11 is 0. The number of carbonyl (C=O) groups excluding carboxylic acids is 3. The van der Waals surface area contributed by atoms with Gasteiger partial charge < -0.3 is 30.2 Å². The molecule has 4 N–H and O–H groups in total. The highest BCUT2D eigenvalue weighted by atomic mass is 16.5. The molecule has 0 spiro atoms. The topological polar surface area (TPSA) is 133 Å². The minimum absolute atomic E-state index is 0.103. The van der Waals surface area contributed by atoms with Crippen molar-refractivity contribution in [2.75, 3.05) is 24.3 Å². The number of nitrogens with zero attached hydrogens (tertiary/aromatic N) is 3. The Morgan fingerprint density at radius 1 is 1.20 bits per heavy atom. The van der Waals surface area contributed by atoms with Gasteiger partial charge in [0.1, 0.15) is 5.69 Å². The van der Waals surface area contributed by atoms with Crippen molar-refractivity contribution >= 4 is 29.3 Å². The number of methoxy groups -OCH3 is 1. The van der Waals surface area contributed by atoms with Gasteiger partial charge in [-0.05, 0) is 6.07 Å². The predicted molar refractivity (Wildman–Crippen MR) is 90.2 cm³/mol. The number of rotatable bonds is 6. The Hall–Kier alpha value is -3.14. The summed E-state index contributed by atoms with van der Waals surface area (Å²) in [5, 5.41) is 5.21. The molecule has 2 amide bonds. The molecule has 0 atom stereocenters. The fourth-order valence-corrected chi connectivity index (χ4v) is 2.20. The van der Waals surface area contributed by atoms with Gasteiger partial charge >= 0.3 is 5.97 Å². The van der Waals surface area contributed by atoms with Crippen LogP contribution in [0.15, 0.2) is 18.5 Å². The molecule has 0 saturated heterocycles. The number of aromatic nitrogens is 3. The van der Waals surface area contributed by atoms with Crippen LogP contribution in [0.1, 0.15) is 27.5 Å². The molecule has 0 saturated carbocycles. The van der Waals surface area contributed by atoms with Crippen LogP contribution in [0, 0.1) is 0 Å². The molecule has 0 aliphatic rings. The number of hydrogen-bond acceptors (Lipinski definition) is 6. The van der Waals surface area contributed by atoms with Crippen LogP contribution in [0.25, 0.3) is 0 Å². The zero-order valence-corrected chi connectivity index (χ0v) is 14.2. The molecule has 0 aliphatic carbocycles. The molecule has 2 aromatic heterocycles. The Morgan fingerprint density at radius 3 is 2.56 bits per heavy atom. The van der Waals surface area contributed by atoms with Crippen molar-refractivity contribution in [2.24, 2.45) is 19.8 Å². The molecule has 0 bridgehead atoms. The predicted octanol–water partition coefficient (Wildman–Crippen LogP) is 0.0848. The summed E-state index contributed by atoms with van der Waals surface area (Å²) in [6.07, 6.45) is 3.27. The second-order valence-corrected chi connectivity index (χ2v) is 5.32. The molecule has 134 valence electrons. The molecule has 10 heteroatoms. The number of aryl methyl sites for hydroxylation is 2. The second-order valence-electron chi connectivity index (χ2n) is 5.32. The van der Waals surface area contributed by atoms with Gasteiger partial charge in [0.25, 0.3) is 5.91 Å². The average molecular weight is 348 g/mol. The lowest BCUT2D eigenvalue weighted by atomic mass is 10.4. The van der Waals surface area contributed by atoms with Gasteiger partial charge in [-0.2, -0.15) is 0 Å². The second kappa shape index (κ2) is 7.62. The number of nitrogens with two attached hydrogens (primary N) is 1. The Labute approximate surface area is 144 Å². The number of nitrogens with one attached hydrogen (secondary N) is 2. The zero-order valence-electron chi connectivity index (χ0n) is 14.2. The Bertz CT molecular complexity index is 807. The number of esters is 1. The summed E-state index contributed by atoms with van der Waals surface area (Å²) in [7, 11) is 4.57. The highest BCUT2D eigenvalue weighted by molar-refractivity contribution is 6.03. The summed E-state index contributed by atoms with van der Waals surface area (Å²) < 4.78 is 7.68. The minimum Gasteiger partial charge on any atom is -0.464 e. The summed E-state index contributed by atoms with van der Waals surface area (Å²) in [5.74, 6) is -0.909. The molecule has 2 aromatic rings. The summed E-state index contributed by atoms with van der Waals surface area (Å²) in [6, 6.07) is 1.50. The summed E-state index contributed by atoms with van der Waals surface area (Å²) in [5.41, 5.74) is 6.03. The lowest BCUT2D eigenvalue weighted by Crippen LogP contribution is -2.17. The average Bonchev–Trinajstić information content (AvgIpc) is 3.09. The molecule has 0 fully saturated rings. The van der Waals surface area contributed by atoms with E-state index in [1.54, 1.807) is 24.9 Å². The first-order valence-electron chi connectivity index (χ1n) is 7.45. The van der Waals surface area contributed by atoms with Crippen molar-refractivity contribution in [1.82, 2.24) is 14.1 Å². The van der Waals surface area contributed by atoms with Crippen LogP contribution < -0.4 is 16.4 Å². The summed E-state index contributed by atoms with van der Waals surface area (Å²) in [6.45, 7) is 0.225. The number of ether oxygens (including phenoxy) is 1. The van der Waals surface area contributed by atoms with Gasteiger partial charge in [-0.15, -0.1) is 0 Å². The number of anilines is 2. The van der Waals surface area contributed by atoms with Gasteiger partial charge in [-0.1, -0.05) is 0 Å². The van der Waals surface area contributed by atoms with Crippen molar-refractivity contribution in [1.29, 1.82) is 0 Å². The van der Waals surface area contributed by atoms with Gasteiger partial charge in [0.05, 0.1) is 12.8 Å². The van der Waals surface area contributed by atoms with Crippen LogP contribution in [-0.4, -0.2) is 45.6 Å². The molecule has 10 nitrogen and oxygen atoms in total. The van der Waals surface area contributed by atoms with Crippen molar-refractivity contribution in [3.63, 3.8) is 0 Å². The number of imidazole rings is 1. The monoisotopic (exact) mass is 348 g/mol. The third-order valence-corrected chi connectivity index (χ3v) is 3.38. The standard InChI is InChI=1S/C15H20N6O4/c1-20-7-9(6-10(20)15(24)25-3)17-14(23)13-19-11(8-21(13)2)18-12(22)4-5-16/h6-8H,4-5,16H2,1-3H3,(H,17,23)(H,18,22). The van der Waals surface area contributed by atoms with Gasteiger partial charge in [0, 0.05) is 39.5 Å². The quantitative estimate of drug-likeness (QED) is 0.633. The van der Waals surface area contributed by atoms with E-state index in [0.29, 0.717) is 11.4 Å². The van der Waals surface area contributed by atoms with Crippen LogP contribution in [0.4, 0.5) is 11.5 Å². The molecule has 0 aromatic carbocycles. The van der Waals surface area contributed by atoms with Gasteiger partial charge in [0.2, 0.25) is 11.7 Å². The fourth-order valence-electron chi connectivity index (χ4n) is 2.20. The maximum Gasteiger partial charge on any atom is 0.354 e. The van der Waals surface area contributed by atoms with Crippen LogP contribution in [0.2, 0.25) is 0 Å². The molecule has 0 unspecified atom stereocenters. The molecular weight excluding hydrogens is 328 g/mol. The Balaban J connectivity index is 2.12. The van der Waals surface area contributed by atoms with Crippen LogP contribution in [0.3, 0.4) is 0 Å². The van der Waals surface area contributed by atoms with E-state index in [1.807, 2.05) is 0 Å². The fraction of sp³-hybridized carbons (Fsp3) is 0.333. The Morgan fingerprint density at radius 2 is 1.92 bits per heavy atom. The Kier molecular flexibility index (Phi) is 5.55. The van der Waals surface area contributed by atoms with E-state index in [0.717, 1.165) is 0 Å². The number of hydrogen-bond donors (Lipinski definition) is 3. The molecule has 0 aliphatic heterocycles. The van der Waals surface area contributed by atoms with E-state index in [2.05, 4.69) is 20.4 Å². The third-order valence-electron chi connectivity index (χ3n) is 3.38. The molecule has 0 radical (unpaired) electrons. The van der Waals surface area contributed by atoms with E-state index in [-0.39, 0.29) is 30.5 Å². The molecule has 25 heavy (non-hydrogen) atoms. The van der Waals surface area contributed by atoms with Crippen molar-refractivity contribution in [3.8, 4) is 0 Å². The highest BCUT2D eigenvalue weighted by Gasteiger charge is 2.18. The zero-order chi connectivity index (χ0) is 18.6. The largest absolute Gasteiger partial charge is 0.464 e. The van der Waals surface area contributed by atoms with E-state index >= 15 is 0 Å². The molecular formula is C15H20N6O4. The normalized spacial score (nSPS) is 10.4. The maximum absolute atomic E-state index is 12.4. The number of amides is 2. The smallest absolute Gasteiger partial charge is 0.354 e. The minimum atomic E-state index is -0.509. The number of carbonyl (C=O) groups is 3. The lowest BCUT2D eigenvalue weighted by Gasteiger charge is -2.01. The third kappa shape index (κ3) is 4.23. The summed E-state index contributed by atoms with van der Waals surface area (Å²) in [4.78, 5) is 39.6. The van der Waals surface area contributed by atoms with Crippen molar-refractivity contribution < 1.29 is 19.1 Å². The highest BCUT2D eigenvalue weighted by Crippen LogP contribution is 2.15. The first-order valence-corrected chi connectivity index (χ1v) is 7.45. The molecule has 2 rings (SSSR count). The maximum atomic E-state index is 12.4. The van der Waals surface area contributed by atoms with E-state index in [9.17, 15) is 14.4 Å². The van der Waals surface area contributed by atoms with Crippen molar-refractivity contribution in [2.45, 2.75) is 6.42 Å². The van der Waals surface area contributed by atoms with Gasteiger partial charge in [0.15, 0.2) is 5.82 Å². The lowest BCUT2D eigenvalue weighted by molar-refractivity contribution is -0.116.